The highest BCUT2D eigenvalue weighted by molar-refractivity contribution is 5.20. The first-order chi connectivity index (χ1) is 5.27. The first-order valence-corrected chi connectivity index (χ1v) is 4.59. The molecule has 0 amide bonds. The van der Waals surface area contributed by atoms with Gasteiger partial charge in [-0.25, -0.2) is 0 Å². The average molecular weight is 148 g/mol. The molecular weight excluding hydrogens is 132 g/mol. The van der Waals surface area contributed by atoms with Crippen LogP contribution in [-0.2, 0) is 0 Å². The van der Waals surface area contributed by atoms with E-state index in [1.165, 1.54) is 19.3 Å². The van der Waals surface area contributed by atoms with Crippen LogP contribution in [0, 0.1) is 11.8 Å². The summed E-state index contributed by atoms with van der Waals surface area (Å²) >= 11 is 0. The summed E-state index contributed by atoms with van der Waals surface area (Å²) in [5.41, 5.74) is 3.28. The monoisotopic (exact) mass is 148 g/mol. The lowest BCUT2D eigenvalue weighted by atomic mass is 9.78. The van der Waals surface area contributed by atoms with Crippen molar-refractivity contribution < 1.29 is 0 Å². The summed E-state index contributed by atoms with van der Waals surface area (Å²) in [6.07, 6.45) is 8.79. The van der Waals surface area contributed by atoms with E-state index in [1.807, 2.05) is 0 Å². The van der Waals surface area contributed by atoms with Crippen molar-refractivity contribution in [1.29, 1.82) is 0 Å². The molecule has 0 nitrogen and oxygen atoms in total. The van der Waals surface area contributed by atoms with Crippen LogP contribution in [0.5, 0.6) is 0 Å². The van der Waals surface area contributed by atoms with Gasteiger partial charge in [0.2, 0.25) is 0 Å². The fraction of sp³-hybridized carbons (Fsp3) is 0.636. The summed E-state index contributed by atoms with van der Waals surface area (Å²) in [5.74, 6) is 1.84. The van der Waals surface area contributed by atoms with E-state index in [-0.39, 0.29) is 0 Å². The zero-order valence-corrected chi connectivity index (χ0v) is 7.43. The van der Waals surface area contributed by atoms with Crippen LogP contribution in [-0.4, -0.2) is 0 Å². The number of hydrogen-bond donors (Lipinski definition) is 0. The maximum Gasteiger partial charge on any atom is -0.0162 e. The van der Waals surface area contributed by atoms with Crippen molar-refractivity contribution in [1.82, 2.24) is 0 Å². The van der Waals surface area contributed by atoms with E-state index in [1.54, 1.807) is 11.1 Å². The van der Waals surface area contributed by atoms with Gasteiger partial charge in [-0.2, -0.15) is 0 Å². The fourth-order valence-corrected chi connectivity index (χ4v) is 2.32. The van der Waals surface area contributed by atoms with Gasteiger partial charge in [0.1, 0.15) is 0 Å². The van der Waals surface area contributed by atoms with Crippen LogP contribution in [0.3, 0.4) is 0 Å². The normalized spacial score (nSPS) is 36.2. The Kier molecular flexibility index (Phi) is 1.63. The molecule has 0 aromatic carbocycles. The molecular formula is C11H16. The SMILES string of the molecule is CC1=C(C)CC2CC=CC2C1. The zero-order chi connectivity index (χ0) is 7.84. The molecule has 0 saturated carbocycles. The Bertz CT molecular complexity index is 220. The summed E-state index contributed by atoms with van der Waals surface area (Å²) in [6.45, 7) is 4.58. The topological polar surface area (TPSA) is 0 Å². The molecule has 2 aliphatic rings. The molecule has 0 aliphatic heterocycles. The van der Waals surface area contributed by atoms with Crippen molar-refractivity contribution in [3.8, 4) is 0 Å². The molecule has 0 bridgehead atoms. The van der Waals surface area contributed by atoms with Gasteiger partial charge in [-0.05, 0) is 44.9 Å². The van der Waals surface area contributed by atoms with E-state index in [0.29, 0.717) is 0 Å². The fourth-order valence-electron chi connectivity index (χ4n) is 2.32. The smallest absolute Gasteiger partial charge is 0.0162 e. The van der Waals surface area contributed by atoms with Crippen molar-refractivity contribution >= 4 is 0 Å². The molecule has 0 fully saturated rings. The van der Waals surface area contributed by atoms with Gasteiger partial charge in [0.25, 0.3) is 0 Å². The second-order valence-electron chi connectivity index (χ2n) is 4.06. The molecule has 0 saturated heterocycles. The number of fused-ring (bicyclic) bond motifs is 1. The van der Waals surface area contributed by atoms with E-state index >= 15 is 0 Å². The zero-order valence-electron chi connectivity index (χ0n) is 7.43. The molecule has 0 radical (unpaired) electrons. The molecule has 0 heteroatoms. The third kappa shape index (κ3) is 1.15. The van der Waals surface area contributed by atoms with Crippen molar-refractivity contribution in [2.75, 3.05) is 0 Å². The highest BCUT2D eigenvalue weighted by Gasteiger charge is 2.27. The first-order valence-electron chi connectivity index (χ1n) is 4.59. The highest BCUT2D eigenvalue weighted by Crippen LogP contribution is 2.40. The van der Waals surface area contributed by atoms with Crippen LogP contribution in [0.25, 0.3) is 0 Å². The van der Waals surface area contributed by atoms with Gasteiger partial charge < -0.3 is 0 Å². The molecule has 2 unspecified atom stereocenters. The Morgan fingerprint density at radius 1 is 1.18 bits per heavy atom. The van der Waals surface area contributed by atoms with Crippen LogP contribution in [0.4, 0.5) is 0 Å². The van der Waals surface area contributed by atoms with E-state index < -0.39 is 0 Å². The van der Waals surface area contributed by atoms with E-state index in [0.717, 1.165) is 11.8 Å². The Hall–Kier alpha value is -0.520. The summed E-state index contributed by atoms with van der Waals surface area (Å²) in [4.78, 5) is 0. The molecule has 0 aromatic heterocycles. The maximum atomic E-state index is 2.42. The third-order valence-corrected chi connectivity index (χ3v) is 3.27. The molecule has 2 atom stereocenters. The van der Waals surface area contributed by atoms with Crippen molar-refractivity contribution in [3.05, 3.63) is 23.3 Å². The molecule has 0 N–H and O–H groups in total. The summed E-state index contributed by atoms with van der Waals surface area (Å²) in [5, 5.41) is 0. The Labute approximate surface area is 69.0 Å². The second-order valence-corrected chi connectivity index (χ2v) is 4.06. The number of rotatable bonds is 0. The predicted octanol–water partition coefficient (Wildman–Crippen LogP) is 3.31. The Morgan fingerprint density at radius 3 is 2.73 bits per heavy atom. The predicted molar refractivity (Wildman–Crippen MR) is 48.3 cm³/mol. The van der Waals surface area contributed by atoms with Gasteiger partial charge in [0, 0.05) is 0 Å². The lowest BCUT2D eigenvalue weighted by Gasteiger charge is -2.26. The van der Waals surface area contributed by atoms with Crippen LogP contribution in [0.15, 0.2) is 23.3 Å². The highest BCUT2D eigenvalue weighted by atomic mass is 14.3. The largest absolute Gasteiger partial charge is 0.0879 e. The van der Waals surface area contributed by atoms with E-state index in [4.69, 9.17) is 0 Å². The van der Waals surface area contributed by atoms with Gasteiger partial charge in [0.05, 0.1) is 0 Å². The second kappa shape index (κ2) is 2.51. The molecule has 2 aliphatic carbocycles. The number of allylic oxidation sites excluding steroid dienone is 4. The summed E-state index contributed by atoms with van der Waals surface area (Å²) in [7, 11) is 0. The van der Waals surface area contributed by atoms with Crippen LogP contribution < -0.4 is 0 Å². The van der Waals surface area contributed by atoms with Crippen LogP contribution in [0.1, 0.15) is 33.1 Å². The third-order valence-electron chi connectivity index (χ3n) is 3.27. The van der Waals surface area contributed by atoms with Crippen molar-refractivity contribution in [2.24, 2.45) is 11.8 Å². The molecule has 0 spiro atoms. The maximum absolute atomic E-state index is 2.42. The Balaban J connectivity index is 2.19. The average Bonchev–Trinajstić information content (AvgIpc) is 2.36. The number of hydrogen-bond acceptors (Lipinski definition) is 0. The molecule has 60 valence electrons. The van der Waals surface area contributed by atoms with Gasteiger partial charge in [0.15, 0.2) is 0 Å². The minimum atomic E-state index is 0.888. The van der Waals surface area contributed by atoms with E-state index in [9.17, 15) is 0 Å². The van der Waals surface area contributed by atoms with Gasteiger partial charge in [-0.15, -0.1) is 0 Å². The molecule has 0 aromatic rings. The standard InChI is InChI=1S/C11H16/c1-8-6-10-4-3-5-11(10)7-9(8)2/h3-4,10-11H,5-7H2,1-2H3. The lowest BCUT2D eigenvalue weighted by molar-refractivity contribution is 0.392. The van der Waals surface area contributed by atoms with Gasteiger partial charge in [-0.1, -0.05) is 23.3 Å². The van der Waals surface area contributed by atoms with Crippen molar-refractivity contribution in [3.63, 3.8) is 0 Å². The summed E-state index contributed by atoms with van der Waals surface area (Å²) in [6, 6.07) is 0. The summed E-state index contributed by atoms with van der Waals surface area (Å²) < 4.78 is 0. The molecule has 0 heterocycles. The lowest BCUT2D eigenvalue weighted by Crippen LogP contribution is -2.14. The van der Waals surface area contributed by atoms with Gasteiger partial charge >= 0.3 is 0 Å². The molecule has 2 rings (SSSR count). The minimum Gasteiger partial charge on any atom is -0.0879 e. The Morgan fingerprint density at radius 2 is 1.91 bits per heavy atom. The van der Waals surface area contributed by atoms with Crippen LogP contribution >= 0.6 is 0 Å². The quantitative estimate of drug-likeness (QED) is 0.462. The molecule has 11 heavy (non-hydrogen) atoms. The first kappa shape index (κ1) is 7.15. The minimum absolute atomic E-state index is 0.888. The van der Waals surface area contributed by atoms with Crippen LogP contribution in [0.2, 0.25) is 0 Å². The van der Waals surface area contributed by atoms with Crippen molar-refractivity contribution in [2.45, 2.75) is 33.1 Å². The van der Waals surface area contributed by atoms with E-state index in [2.05, 4.69) is 26.0 Å². The van der Waals surface area contributed by atoms with Gasteiger partial charge in [-0.3, -0.25) is 0 Å².